The molecular weight excluding hydrogens is 278 g/mol. The molecule has 1 amide bonds. The third-order valence-electron chi connectivity index (χ3n) is 2.92. The molecule has 5 nitrogen and oxygen atoms in total. The van der Waals surface area contributed by atoms with E-state index in [1.54, 1.807) is 55.5 Å². The predicted molar refractivity (Wildman–Crippen MR) is 81.0 cm³/mol. The summed E-state index contributed by atoms with van der Waals surface area (Å²) in [4.78, 5) is 12.1. The second kappa shape index (κ2) is 6.92. The molecule has 1 unspecified atom stereocenters. The Kier molecular flexibility index (Phi) is 4.74. The van der Waals surface area contributed by atoms with Crippen LogP contribution >= 0.6 is 0 Å². The maximum atomic E-state index is 12.1. The summed E-state index contributed by atoms with van der Waals surface area (Å²) in [5.41, 5.74) is 1.54. The molecular formula is C17H13N3O2. The van der Waals surface area contributed by atoms with Gasteiger partial charge in [0.1, 0.15) is 5.75 Å². The standard InChI is InChI=1S/C17H13N3O2/c1-12(22-16-7-5-13(10-18)6-8-16)17(21)20-15-4-2-3-14(9-15)11-19/h2-9,12H,1H3,(H,20,21). The molecule has 2 aromatic carbocycles. The van der Waals surface area contributed by atoms with Crippen LogP contribution in [0.2, 0.25) is 0 Å². The molecule has 0 aromatic heterocycles. The summed E-state index contributed by atoms with van der Waals surface area (Å²) >= 11 is 0. The van der Waals surface area contributed by atoms with E-state index in [1.165, 1.54) is 0 Å². The first-order chi connectivity index (χ1) is 10.6. The van der Waals surface area contributed by atoms with Crippen molar-refractivity contribution in [3.05, 3.63) is 59.7 Å². The first-order valence-electron chi connectivity index (χ1n) is 6.60. The molecule has 108 valence electrons. The van der Waals surface area contributed by atoms with Gasteiger partial charge in [0.05, 0.1) is 23.3 Å². The molecule has 0 aliphatic carbocycles. The molecule has 0 aliphatic heterocycles. The quantitative estimate of drug-likeness (QED) is 0.938. The SMILES string of the molecule is CC(Oc1ccc(C#N)cc1)C(=O)Nc1cccc(C#N)c1. The smallest absolute Gasteiger partial charge is 0.265 e. The number of amides is 1. The van der Waals surface area contributed by atoms with Gasteiger partial charge < -0.3 is 10.1 Å². The fourth-order valence-electron chi connectivity index (χ4n) is 1.78. The van der Waals surface area contributed by atoms with Crippen LogP contribution in [0.3, 0.4) is 0 Å². The largest absolute Gasteiger partial charge is 0.481 e. The van der Waals surface area contributed by atoms with Crippen molar-refractivity contribution in [2.24, 2.45) is 0 Å². The molecule has 0 heterocycles. The molecule has 1 atom stereocenters. The molecule has 5 heteroatoms. The summed E-state index contributed by atoms with van der Waals surface area (Å²) in [6.07, 6.45) is -0.710. The topological polar surface area (TPSA) is 85.9 Å². The second-order valence-corrected chi connectivity index (χ2v) is 4.58. The zero-order valence-corrected chi connectivity index (χ0v) is 11.9. The Hall–Kier alpha value is -3.31. The molecule has 0 fully saturated rings. The lowest BCUT2D eigenvalue weighted by Gasteiger charge is -2.14. The minimum absolute atomic E-state index is 0.320. The Labute approximate surface area is 128 Å². The van der Waals surface area contributed by atoms with E-state index >= 15 is 0 Å². The molecule has 1 N–H and O–H groups in total. The zero-order valence-electron chi connectivity index (χ0n) is 11.9. The molecule has 2 aromatic rings. The number of nitrogens with zero attached hydrogens (tertiary/aromatic N) is 2. The summed E-state index contributed by atoms with van der Waals surface area (Å²) in [5.74, 6) is 0.187. The van der Waals surface area contributed by atoms with Gasteiger partial charge in [-0.3, -0.25) is 4.79 Å². The van der Waals surface area contributed by atoms with Gasteiger partial charge in [-0.15, -0.1) is 0 Å². The highest BCUT2D eigenvalue weighted by Gasteiger charge is 2.15. The Balaban J connectivity index is 1.99. The number of carbonyl (C=O) groups is 1. The average Bonchev–Trinajstić information content (AvgIpc) is 2.55. The van der Waals surface area contributed by atoms with Crippen LogP contribution in [-0.2, 0) is 4.79 Å². The van der Waals surface area contributed by atoms with Crippen LogP contribution in [0.5, 0.6) is 5.75 Å². The monoisotopic (exact) mass is 291 g/mol. The molecule has 0 radical (unpaired) electrons. The van der Waals surface area contributed by atoms with Crippen molar-refractivity contribution in [1.29, 1.82) is 10.5 Å². The predicted octanol–water partition coefficient (Wildman–Crippen LogP) is 2.84. The summed E-state index contributed by atoms with van der Waals surface area (Å²) in [5, 5.41) is 20.3. The first-order valence-corrected chi connectivity index (χ1v) is 6.60. The van der Waals surface area contributed by atoms with Crippen LogP contribution < -0.4 is 10.1 Å². The van der Waals surface area contributed by atoms with Crippen molar-refractivity contribution in [3.63, 3.8) is 0 Å². The second-order valence-electron chi connectivity index (χ2n) is 4.58. The first kappa shape index (κ1) is 15.1. The third kappa shape index (κ3) is 3.84. The number of nitriles is 2. The van der Waals surface area contributed by atoms with Crippen LogP contribution in [0.1, 0.15) is 18.1 Å². The van der Waals surface area contributed by atoms with Gasteiger partial charge in [-0.2, -0.15) is 10.5 Å². The van der Waals surface area contributed by atoms with E-state index in [2.05, 4.69) is 5.32 Å². The number of carbonyl (C=O) groups excluding carboxylic acids is 1. The van der Waals surface area contributed by atoms with Crippen LogP contribution in [0.4, 0.5) is 5.69 Å². The van der Waals surface area contributed by atoms with E-state index in [1.807, 2.05) is 12.1 Å². The van der Waals surface area contributed by atoms with Crippen LogP contribution in [0.25, 0.3) is 0 Å². The number of ether oxygens (including phenoxy) is 1. The van der Waals surface area contributed by atoms with Crippen LogP contribution in [0, 0.1) is 22.7 Å². The summed E-state index contributed by atoms with van der Waals surface area (Å²) in [6, 6.07) is 17.2. The number of hydrogen-bond donors (Lipinski definition) is 1. The van der Waals surface area contributed by atoms with E-state index in [-0.39, 0.29) is 5.91 Å². The summed E-state index contributed by atoms with van der Waals surface area (Å²) < 4.78 is 5.52. The lowest BCUT2D eigenvalue weighted by atomic mass is 10.2. The van der Waals surface area contributed by atoms with Crippen molar-refractivity contribution in [2.75, 3.05) is 5.32 Å². The Bertz CT molecular complexity index is 755. The van der Waals surface area contributed by atoms with E-state index < -0.39 is 6.10 Å². The Morgan fingerprint density at radius 2 is 1.77 bits per heavy atom. The van der Waals surface area contributed by atoms with Gasteiger partial charge in [0.25, 0.3) is 5.91 Å². The number of rotatable bonds is 4. The molecule has 0 spiro atoms. The fourth-order valence-corrected chi connectivity index (χ4v) is 1.78. The zero-order chi connectivity index (χ0) is 15.9. The molecule has 0 saturated heterocycles. The lowest BCUT2D eigenvalue weighted by Crippen LogP contribution is -2.30. The maximum Gasteiger partial charge on any atom is 0.265 e. The van der Waals surface area contributed by atoms with Crippen molar-refractivity contribution in [1.82, 2.24) is 0 Å². The van der Waals surface area contributed by atoms with Crippen molar-refractivity contribution < 1.29 is 9.53 Å². The van der Waals surface area contributed by atoms with Crippen molar-refractivity contribution in [2.45, 2.75) is 13.0 Å². The van der Waals surface area contributed by atoms with Gasteiger partial charge in [0.2, 0.25) is 0 Å². The van der Waals surface area contributed by atoms with E-state index in [9.17, 15) is 4.79 Å². The third-order valence-corrected chi connectivity index (χ3v) is 2.92. The lowest BCUT2D eigenvalue weighted by molar-refractivity contribution is -0.122. The summed E-state index contributed by atoms with van der Waals surface area (Å²) in [6.45, 7) is 1.63. The van der Waals surface area contributed by atoms with Gasteiger partial charge >= 0.3 is 0 Å². The minimum Gasteiger partial charge on any atom is -0.481 e. The van der Waals surface area contributed by atoms with Crippen molar-refractivity contribution in [3.8, 4) is 17.9 Å². The molecule has 2 rings (SSSR count). The van der Waals surface area contributed by atoms with Gasteiger partial charge in [0, 0.05) is 5.69 Å². The van der Waals surface area contributed by atoms with Gasteiger partial charge in [-0.1, -0.05) is 6.07 Å². The molecule has 0 aliphatic rings. The van der Waals surface area contributed by atoms with Crippen LogP contribution in [-0.4, -0.2) is 12.0 Å². The highest BCUT2D eigenvalue weighted by molar-refractivity contribution is 5.94. The fraction of sp³-hybridized carbons (Fsp3) is 0.118. The molecule has 0 saturated carbocycles. The van der Waals surface area contributed by atoms with E-state index in [0.717, 1.165) is 0 Å². The maximum absolute atomic E-state index is 12.1. The van der Waals surface area contributed by atoms with Gasteiger partial charge in [-0.05, 0) is 49.4 Å². The van der Waals surface area contributed by atoms with E-state index in [0.29, 0.717) is 22.6 Å². The number of nitrogens with one attached hydrogen (secondary N) is 1. The molecule has 22 heavy (non-hydrogen) atoms. The number of hydrogen-bond acceptors (Lipinski definition) is 4. The van der Waals surface area contributed by atoms with Crippen LogP contribution in [0.15, 0.2) is 48.5 Å². The Morgan fingerprint density at radius 3 is 2.41 bits per heavy atom. The number of anilines is 1. The van der Waals surface area contributed by atoms with Gasteiger partial charge in [-0.25, -0.2) is 0 Å². The summed E-state index contributed by atoms with van der Waals surface area (Å²) in [7, 11) is 0. The highest BCUT2D eigenvalue weighted by atomic mass is 16.5. The molecule has 0 bridgehead atoms. The normalized spacial score (nSPS) is 10.9. The highest BCUT2D eigenvalue weighted by Crippen LogP contribution is 2.15. The average molecular weight is 291 g/mol. The van der Waals surface area contributed by atoms with Gasteiger partial charge in [0.15, 0.2) is 6.10 Å². The van der Waals surface area contributed by atoms with E-state index in [4.69, 9.17) is 15.3 Å². The van der Waals surface area contributed by atoms with Crippen molar-refractivity contribution >= 4 is 11.6 Å². The Morgan fingerprint density at radius 1 is 1.09 bits per heavy atom. The minimum atomic E-state index is -0.710. The number of benzene rings is 2.